The van der Waals surface area contributed by atoms with Gasteiger partial charge in [-0.3, -0.25) is 0 Å². The molecule has 0 radical (unpaired) electrons. The lowest BCUT2D eigenvalue weighted by molar-refractivity contribution is 0.109. The molecule has 6 nitrogen and oxygen atoms in total. The normalized spacial score (nSPS) is 29.1. The molecule has 1 aromatic heterocycles. The lowest BCUT2D eigenvalue weighted by Crippen LogP contribution is -2.40. The third-order valence-corrected chi connectivity index (χ3v) is 4.72. The molecule has 2 atom stereocenters. The minimum Gasteiger partial charge on any atom is -0.376 e. The Balaban J connectivity index is 1.66. The van der Waals surface area contributed by atoms with Gasteiger partial charge in [0.25, 0.3) is 0 Å². The molecule has 3 aliphatic heterocycles. The Morgan fingerprint density at radius 2 is 2.25 bits per heavy atom. The van der Waals surface area contributed by atoms with Crippen molar-refractivity contribution in [2.45, 2.75) is 31.9 Å². The topological polar surface area (TPSA) is 76.3 Å². The van der Waals surface area contributed by atoms with Crippen LogP contribution in [-0.4, -0.2) is 42.3 Å². The molecule has 0 spiro atoms. The summed E-state index contributed by atoms with van der Waals surface area (Å²) in [7, 11) is 0. The molecule has 20 heavy (non-hydrogen) atoms. The maximum Gasteiger partial charge on any atom is 0.222 e. The van der Waals surface area contributed by atoms with Gasteiger partial charge >= 0.3 is 0 Å². The van der Waals surface area contributed by atoms with Crippen LogP contribution in [0, 0.1) is 5.92 Å². The van der Waals surface area contributed by atoms with Crippen LogP contribution in [0.25, 0.3) is 0 Å². The van der Waals surface area contributed by atoms with Crippen molar-refractivity contribution in [3.05, 3.63) is 11.3 Å². The second kappa shape index (κ2) is 4.86. The van der Waals surface area contributed by atoms with E-state index in [1.807, 2.05) is 0 Å². The number of ether oxygens (including phenoxy) is 1. The molecule has 1 unspecified atom stereocenters. The van der Waals surface area contributed by atoms with Gasteiger partial charge in [-0.2, -0.15) is 4.98 Å². The highest BCUT2D eigenvalue weighted by atomic mass is 16.5. The van der Waals surface area contributed by atoms with Gasteiger partial charge in [0, 0.05) is 31.1 Å². The summed E-state index contributed by atoms with van der Waals surface area (Å²) >= 11 is 0. The van der Waals surface area contributed by atoms with E-state index in [4.69, 9.17) is 10.5 Å². The van der Waals surface area contributed by atoms with Crippen LogP contribution in [0.5, 0.6) is 0 Å². The predicted molar refractivity (Wildman–Crippen MR) is 76.5 cm³/mol. The summed E-state index contributed by atoms with van der Waals surface area (Å²) in [6.45, 7) is 4.58. The molecule has 0 saturated carbocycles. The number of nitrogens with two attached hydrogens (primary N) is 1. The lowest BCUT2D eigenvalue weighted by atomic mass is 9.94. The highest BCUT2D eigenvalue weighted by Gasteiger charge is 2.36. The van der Waals surface area contributed by atoms with E-state index in [0.29, 0.717) is 18.6 Å². The highest BCUT2D eigenvalue weighted by Crippen LogP contribution is 2.32. The molecule has 3 aliphatic rings. The number of rotatable bonds is 1. The van der Waals surface area contributed by atoms with E-state index in [1.165, 1.54) is 12.8 Å². The Bertz CT molecular complexity index is 507. The van der Waals surface area contributed by atoms with Gasteiger partial charge in [-0.15, -0.1) is 0 Å². The predicted octanol–water partition coefficient (Wildman–Crippen LogP) is 0.320. The quantitative estimate of drug-likeness (QED) is 0.769. The van der Waals surface area contributed by atoms with Gasteiger partial charge in [0.2, 0.25) is 5.95 Å². The number of fused-ring (bicyclic) bond motifs is 2. The van der Waals surface area contributed by atoms with Gasteiger partial charge in [0.1, 0.15) is 5.82 Å². The van der Waals surface area contributed by atoms with Crippen LogP contribution in [0.15, 0.2) is 0 Å². The lowest BCUT2D eigenvalue weighted by Gasteiger charge is -2.25. The maximum absolute atomic E-state index is 5.89. The van der Waals surface area contributed by atoms with Crippen molar-refractivity contribution < 1.29 is 4.74 Å². The van der Waals surface area contributed by atoms with Gasteiger partial charge in [-0.25, -0.2) is 4.98 Å². The zero-order valence-electron chi connectivity index (χ0n) is 11.6. The maximum atomic E-state index is 5.89. The summed E-state index contributed by atoms with van der Waals surface area (Å²) in [6, 6.07) is 0.597. The molecule has 1 aromatic rings. The Morgan fingerprint density at radius 1 is 1.30 bits per heavy atom. The Labute approximate surface area is 118 Å². The fourth-order valence-electron chi connectivity index (χ4n) is 3.71. The SMILES string of the molecule is Nc1nc2c(c(N3CC4CCCN[C@H]4C3)n1)COCC2. The van der Waals surface area contributed by atoms with Crippen LogP contribution in [0.2, 0.25) is 0 Å². The third-order valence-electron chi connectivity index (χ3n) is 4.72. The Kier molecular flexibility index (Phi) is 3.00. The van der Waals surface area contributed by atoms with Crippen LogP contribution in [-0.2, 0) is 17.8 Å². The molecule has 0 amide bonds. The number of anilines is 2. The summed E-state index contributed by atoms with van der Waals surface area (Å²) < 4.78 is 5.59. The van der Waals surface area contributed by atoms with Crippen LogP contribution in [0.4, 0.5) is 11.8 Å². The van der Waals surface area contributed by atoms with Crippen LogP contribution in [0.1, 0.15) is 24.1 Å². The van der Waals surface area contributed by atoms with Crippen molar-refractivity contribution >= 4 is 11.8 Å². The first-order valence-electron chi connectivity index (χ1n) is 7.52. The van der Waals surface area contributed by atoms with Crippen LogP contribution in [0.3, 0.4) is 0 Å². The fraction of sp³-hybridized carbons (Fsp3) is 0.714. The van der Waals surface area contributed by atoms with Crippen molar-refractivity contribution in [2.75, 3.05) is 36.9 Å². The number of hydrogen-bond acceptors (Lipinski definition) is 6. The zero-order valence-corrected chi connectivity index (χ0v) is 11.6. The molecular weight excluding hydrogens is 254 g/mol. The summed E-state index contributed by atoms with van der Waals surface area (Å²) in [4.78, 5) is 11.3. The van der Waals surface area contributed by atoms with Gasteiger partial charge in [0.15, 0.2) is 0 Å². The van der Waals surface area contributed by atoms with Gasteiger partial charge in [-0.05, 0) is 25.3 Å². The molecule has 0 bridgehead atoms. The minimum absolute atomic E-state index is 0.392. The molecule has 0 aromatic carbocycles. The molecule has 0 aliphatic carbocycles. The number of piperidine rings is 1. The molecule has 4 heterocycles. The second-order valence-electron chi connectivity index (χ2n) is 6.00. The van der Waals surface area contributed by atoms with Gasteiger partial charge < -0.3 is 20.7 Å². The number of nitrogen functional groups attached to an aromatic ring is 1. The number of nitrogens with zero attached hydrogens (tertiary/aromatic N) is 3. The zero-order chi connectivity index (χ0) is 13.5. The smallest absolute Gasteiger partial charge is 0.222 e. The first-order valence-corrected chi connectivity index (χ1v) is 7.52. The summed E-state index contributed by atoms with van der Waals surface area (Å²) in [6.07, 6.45) is 3.43. The molecule has 3 N–H and O–H groups in total. The third kappa shape index (κ3) is 2.03. The summed E-state index contributed by atoms with van der Waals surface area (Å²) in [5, 5.41) is 3.63. The van der Waals surface area contributed by atoms with Crippen LogP contribution < -0.4 is 16.0 Å². The number of hydrogen-bond donors (Lipinski definition) is 2. The average Bonchev–Trinajstić information content (AvgIpc) is 2.90. The van der Waals surface area contributed by atoms with Crippen molar-refractivity contribution in [1.82, 2.24) is 15.3 Å². The van der Waals surface area contributed by atoms with E-state index in [1.54, 1.807) is 0 Å². The largest absolute Gasteiger partial charge is 0.376 e. The number of aromatic nitrogens is 2. The van der Waals surface area contributed by atoms with Crippen molar-refractivity contribution in [3.8, 4) is 0 Å². The summed E-state index contributed by atoms with van der Waals surface area (Å²) in [5.41, 5.74) is 8.11. The Morgan fingerprint density at radius 3 is 3.15 bits per heavy atom. The fourth-order valence-corrected chi connectivity index (χ4v) is 3.71. The Hall–Kier alpha value is -1.40. The van der Waals surface area contributed by atoms with E-state index in [-0.39, 0.29) is 0 Å². The van der Waals surface area contributed by atoms with Crippen molar-refractivity contribution in [3.63, 3.8) is 0 Å². The first kappa shape index (κ1) is 12.3. The summed E-state index contributed by atoms with van der Waals surface area (Å²) in [5.74, 6) is 2.13. The van der Waals surface area contributed by atoms with E-state index in [2.05, 4.69) is 20.2 Å². The average molecular weight is 275 g/mol. The van der Waals surface area contributed by atoms with Crippen LogP contribution >= 0.6 is 0 Å². The molecule has 2 saturated heterocycles. The number of nitrogens with one attached hydrogen (secondary N) is 1. The standard InChI is InChI=1S/C14H21N5O/c15-14-17-11-3-5-20-8-10(11)13(18-14)19-6-9-2-1-4-16-12(9)7-19/h9,12,16H,1-8H2,(H2,15,17,18)/t9?,12-/m0/s1. The van der Waals surface area contributed by atoms with Gasteiger partial charge in [0.05, 0.1) is 18.9 Å². The molecule has 108 valence electrons. The van der Waals surface area contributed by atoms with E-state index in [9.17, 15) is 0 Å². The van der Waals surface area contributed by atoms with E-state index in [0.717, 1.165) is 55.7 Å². The van der Waals surface area contributed by atoms with E-state index >= 15 is 0 Å². The highest BCUT2D eigenvalue weighted by molar-refractivity contribution is 5.53. The molecule has 4 rings (SSSR count). The van der Waals surface area contributed by atoms with Gasteiger partial charge in [-0.1, -0.05) is 0 Å². The molecule has 2 fully saturated rings. The first-order chi connectivity index (χ1) is 9.81. The van der Waals surface area contributed by atoms with Crippen molar-refractivity contribution in [2.24, 2.45) is 5.92 Å². The molecular formula is C14H21N5O. The second-order valence-corrected chi connectivity index (χ2v) is 6.00. The molecule has 6 heteroatoms. The minimum atomic E-state index is 0.392. The van der Waals surface area contributed by atoms with E-state index < -0.39 is 0 Å². The van der Waals surface area contributed by atoms with Crippen molar-refractivity contribution in [1.29, 1.82) is 0 Å². The monoisotopic (exact) mass is 275 g/mol.